The van der Waals surface area contributed by atoms with Crippen LogP contribution in [-0.4, -0.2) is 37.5 Å². The lowest BCUT2D eigenvalue weighted by Gasteiger charge is -2.17. The molecule has 1 N–H and O–H groups in total. The second-order valence-corrected chi connectivity index (χ2v) is 4.64. The molecule has 16 heavy (non-hydrogen) atoms. The number of nitrogens with zero attached hydrogens (tertiary/aromatic N) is 1. The van der Waals surface area contributed by atoms with Crippen molar-refractivity contribution < 1.29 is 4.79 Å². The quantitative estimate of drug-likeness (QED) is 0.528. The number of unbranched alkanes of at least 4 members (excludes halogenated alkanes) is 1. The van der Waals surface area contributed by atoms with Gasteiger partial charge in [-0.05, 0) is 44.7 Å². The smallest absolute Gasteiger partial charge is 0.222 e. The Morgan fingerprint density at radius 1 is 1.62 bits per heavy atom. The lowest BCUT2D eigenvalue weighted by Crippen LogP contribution is -2.28. The molecule has 1 saturated heterocycles. The van der Waals surface area contributed by atoms with Gasteiger partial charge < -0.3 is 10.2 Å². The van der Waals surface area contributed by atoms with Crippen LogP contribution in [-0.2, 0) is 4.79 Å². The van der Waals surface area contributed by atoms with E-state index in [1.165, 1.54) is 6.42 Å². The van der Waals surface area contributed by atoms with E-state index in [4.69, 9.17) is 0 Å². The van der Waals surface area contributed by atoms with Crippen molar-refractivity contribution in [1.29, 1.82) is 0 Å². The van der Waals surface area contributed by atoms with E-state index in [1.807, 2.05) is 18.0 Å². The monoisotopic (exact) mass is 224 g/mol. The van der Waals surface area contributed by atoms with E-state index < -0.39 is 0 Å². The van der Waals surface area contributed by atoms with Gasteiger partial charge >= 0.3 is 0 Å². The normalized spacial score (nSPS) is 19.7. The molecular weight excluding hydrogens is 200 g/mol. The van der Waals surface area contributed by atoms with E-state index in [9.17, 15) is 4.79 Å². The van der Waals surface area contributed by atoms with Gasteiger partial charge in [0, 0.05) is 20.0 Å². The Morgan fingerprint density at radius 2 is 2.44 bits per heavy atom. The highest BCUT2D eigenvalue weighted by atomic mass is 16.2. The zero-order valence-corrected chi connectivity index (χ0v) is 10.4. The highest BCUT2D eigenvalue weighted by molar-refractivity contribution is 5.75. The summed E-state index contributed by atoms with van der Waals surface area (Å²) in [6.45, 7) is 6.75. The molecule has 0 saturated carbocycles. The summed E-state index contributed by atoms with van der Waals surface area (Å²) in [6, 6.07) is 0. The topological polar surface area (TPSA) is 32.3 Å². The van der Waals surface area contributed by atoms with Crippen LogP contribution in [0.25, 0.3) is 0 Å². The molecule has 1 heterocycles. The predicted octanol–water partition coefficient (Wildman–Crippen LogP) is 1.80. The van der Waals surface area contributed by atoms with Gasteiger partial charge in [-0.15, -0.1) is 6.58 Å². The fourth-order valence-corrected chi connectivity index (χ4v) is 2.08. The van der Waals surface area contributed by atoms with E-state index in [1.54, 1.807) is 0 Å². The molecular formula is C13H24N2O. The minimum absolute atomic E-state index is 0.288. The first kappa shape index (κ1) is 13.2. The van der Waals surface area contributed by atoms with Crippen molar-refractivity contribution in [2.45, 2.75) is 32.1 Å². The van der Waals surface area contributed by atoms with Gasteiger partial charge in [0.2, 0.25) is 5.91 Å². The third kappa shape index (κ3) is 4.79. The number of nitrogens with one attached hydrogen (secondary N) is 1. The molecule has 0 aromatic heterocycles. The van der Waals surface area contributed by atoms with Crippen LogP contribution in [0.4, 0.5) is 0 Å². The fraction of sp³-hybridized carbons (Fsp3) is 0.769. The third-order valence-electron chi connectivity index (χ3n) is 3.26. The van der Waals surface area contributed by atoms with Crippen LogP contribution >= 0.6 is 0 Å². The molecule has 1 aliphatic heterocycles. The van der Waals surface area contributed by atoms with Gasteiger partial charge in [0.1, 0.15) is 0 Å². The van der Waals surface area contributed by atoms with Gasteiger partial charge in [0.25, 0.3) is 0 Å². The van der Waals surface area contributed by atoms with Gasteiger partial charge in [-0.3, -0.25) is 4.79 Å². The van der Waals surface area contributed by atoms with Crippen LogP contribution < -0.4 is 5.32 Å². The molecule has 1 unspecified atom stereocenters. The summed E-state index contributed by atoms with van der Waals surface area (Å²) in [4.78, 5) is 13.6. The van der Waals surface area contributed by atoms with Gasteiger partial charge in [-0.2, -0.15) is 0 Å². The number of carbonyl (C=O) groups excluding carboxylic acids is 1. The number of carbonyl (C=O) groups is 1. The summed E-state index contributed by atoms with van der Waals surface area (Å²) in [5, 5.41) is 3.33. The summed E-state index contributed by atoms with van der Waals surface area (Å²) in [5.74, 6) is 1.00. The first-order valence-electron chi connectivity index (χ1n) is 6.29. The first-order valence-corrected chi connectivity index (χ1v) is 6.29. The van der Waals surface area contributed by atoms with Crippen molar-refractivity contribution >= 4 is 5.91 Å². The van der Waals surface area contributed by atoms with Gasteiger partial charge in [0.15, 0.2) is 0 Å². The second-order valence-electron chi connectivity index (χ2n) is 4.64. The van der Waals surface area contributed by atoms with Crippen molar-refractivity contribution in [2.24, 2.45) is 5.92 Å². The largest absolute Gasteiger partial charge is 0.346 e. The summed E-state index contributed by atoms with van der Waals surface area (Å²) in [6.07, 6.45) is 6.89. The highest BCUT2D eigenvalue weighted by Gasteiger charge is 2.16. The first-order chi connectivity index (χ1) is 7.74. The Bertz CT molecular complexity index is 222. The van der Waals surface area contributed by atoms with Crippen LogP contribution in [0.2, 0.25) is 0 Å². The highest BCUT2D eigenvalue weighted by Crippen LogP contribution is 2.14. The third-order valence-corrected chi connectivity index (χ3v) is 3.26. The van der Waals surface area contributed by atoms with Crippen molar-refractivity contribution in [1.82, 2.24) is 10.2 Å². The lowest BCUT2D eigenvalue weighted by atomic mass is 10.0. The Morgan fingerprint density at radius 3 is 3.06 bits per heavy atom. The predicted molar refractivity (Wildman–Crippen MR) is 67.3 cm³/mol. The van der Waals surface area contributed by atoms with E-state index in [2.05, 4.69) is 11.9 Å². The summed E-state index contributed by atoms with van der Waals surface area (Å²) in [7, 11) is 1.90. The zero-order chi connectivity index (χ0) is 11.8. The maximum Gasteiger partial charge on any atom is 0.222 e. The van der Waals surface area contributed by atoms with E-state index in [0.29, 0.717) is 12.3 Å². The van der Waals surface area contributed by atoms with Crippen molar-refractivity contribution in [3.05, 3.63) is 12.7 Å². The Balaban J connectivity index is 2.10. The molecule has 92 valence electrons. The molecule has 1 aliphatic rings. The zero-order valence-electron chi connectivity index (χ0n) is 10.4. The summed E-state index contributed by atoms with van der Waals surface area (Å²) >= 11 is 0. The van der Waals surface area contributed by atoms with Crippen molar-refractivity contribution in [3.63, 3.8) is 0 Å². The number of rotatable bonds is 7. The average Bonchev–Trinajstić information content (AvgIpc) is 2.79. The van der Waals surface area contributed by atoms with Crippen LogP contribution in [0.15, 0.2) is 12.7 Å². The Labute approximate surface area is 98.9 Å². The van der Waals surface area contributed by atoms with E-state index in [-0.39, 0.29) is 5.91 Å². The maximum atomic E-state index is 11.8. The second kappa shape index (κ2) is 7.44. The van der Waals surface area contributed by atoms with Gasteiger partial charge in [-0.1, -0.05) is 6.08 Å². The maximum absolute atomic E-state index is 11.8. The number of amides is 1. The molecule has 0 spiro atoms. The number of hydrogen-bond acceptors (Lipinski definition) is 2. The fourth-order valence-electron chi connectivity index (χ4n) is 2.08. The number of allylic oxidation sites excluding steroid dienone is 1. The van der Waals surface area contributed by atoms with Crippen LogP contribution in [0, 0.1) is 5.92 Å². The molecule has 0 radical (unpaired) electrons. The van der Waals surface area contributed by atoms with E-state index in [0.717, 1.165) is 38.9 Å². The molecule has 3 heteroatoms. The summed E-state index contributed by atoms with van der Waals surface area (Å²) in [5.41, 5.74) is 0. The molecule has 0 aliphatic carbocycles. The van der Waals surface area contributed by atoms with Crippen molar-refractivity contribution in [2.75, 3.05) is 26.7 Å². The standard InChI is InChI=1S/C13H24N2O/c1-3-4-5-10-15(2)13(16)7-6-12-8-9-14-11-12/h3,12,14H,1,4-11H2,2H3. The minimum atomic E-state index is 0.288. The Kier molecular flexibility index (Phi) is 6.16. The molecule has 3 nitrogen and oxygen atoms in total. The average molecular weight is 224 g/mol. The van der Waals surface area contributed by atoms with Crippen molar-refractivity contribution in [3.8, 4) is 0 Å². The SMILES string of the molecule is C=CCCCN(C)C(=O)CCC1CCNC1. The molecule has 1 atom stereocenters. The molecule has 0 aromatic carbocycles. The molecule has 1 rings (SSSR count). The summed E-state index contributed by atoms with van der Waals surface area (Å²) < 4.78 is 0. The molecule has 1 fully saturated rings. The van der Waals surface area contributed by atoms with Crippen LogP contribution in [0.1, 0.15) is 32.1 Å². The van der Waals surface area contributed by atoms with Gasteiger partial charge in [0.05, 0.1) is 0 Å². The van der Waals surface area contributed by atoms with E-state index >= 15 is 0 Å². The van der Waals surface area contributed by atoms with Crippen LogP contribution in [0.3, 0.4) is 0 Å². The van der Waals surface area contributed by atoms with Crippen LogP contribution in [0.5, 0.6) is 0 Å². The minimum Gasteiger partial charge on any atom is -0.346 e. The number of hydrogen-bond donors (Lipinski definition) is 1. The molecule has 0 aromatic rings. The Hall–Kier alpha value is -0.830. The van der Waals surface area contributed by atoms with Gasteiger partial charge in [-0.25, -0.2) is 0 Å². The molecule has 1 amide bonds. The lowest BCUT2D eigenvalue weighted by molar-refractivity contribution is -0.130. The molecule has 0 bridgehead atoms.